The molecule has 4 aromatic rings. The Labute approximate surface area is 191 Å². The Morgan fingerprint density at radius 3 is 3.00 bits per heavy atom. The smallest absolute Gasteiger partial charge is 0.227 e. The number of nitrogens with one attached hydrogen (secondary N) is 1. The zero-order valence-corrected chi connectivity index (χ0v) is 18.2. The summed E-state index contributed by atoms with van der Waals surface area (Å²) in [6, 6.07) is 16.4. The van der Waals surface area contributed by atoms with Crippen molar-refractivity contribution in [2.45, 2.75) is 44.3 Å². The molecule has 7 heteroatoms. The first kappa shape index (κ1) is 19.7. The van der Waals surface area contributed by atoms with Gasteiger partial charge in [0.1, 0.15) is 0 Å². The highest BCUT2D eigenvalue weighted by Crippen LogP contribution is 2.43. The lowest BCUT2D eigenvalue weighted by molar-refractivity contribution is -0.131. The third-order valence-corrected chi connectivity index (χ3v) is 7.21. The maximum Gasteiger partial charge on any atom is 0.227 e. The molecule has 2 aliphatic heterocycles. The van der Waals surface area contributed by atoms with E-state index >= 15 is 0 Å². The zero-order valence-electron chi connectivity index (χ0n) is 18.2. The van der Waals surface area contributed by atoms with Crippen molar-refractivity contribution in [3.05, 3.63) is 72.2 Å². The number of carbonyl (C=O) groups excluding carboxylic acids is 1. The molecule has 5 heterocycles. The van der Waals surface area contributed by atoms with Gasteiger partial charge in [-0.2, -0.15) is 10.4 Å². The van der Waals surface area contributed by atoms with E-state index in [2.05, 4.69) is 44.1 Å². The van der Waals surface area contributed by atoms with Crippen molar-refractivity contribution in [1.82, 2.24) is 24.6 Å². The van der Waals surface area contributed by atoms with Crippen LogP contribution in [-0.2, 0) is 17.8 Å². The van der Waals surface area contributed by atoms with Gasteiger partial charge in [-0.1, -0.05) is 12.1 Å². The molecule has 0 radical (unpaired) electrons. The fraction of sp³-hybridized carbons (Fsp3) is 0.308. The average Bonchev–Trinajstić information content (AvgIpc) is 3.63. The second-order valence-corrected chi connectivity index (χ2v) is 9.14. The summed E-state index contributed by atoms with van der Waals surface area (Å²) in [7, 11) is 0. The van der Waals surface area contributed by atoms with E-state index in [1.165, 1.54) is 0 Å². The van der Waals surface area contributed by atoms with Gasteiger partial charge in [0.2, 0.25) is 5.91 Å². The fourth-order valence-electron chi connectivity index (χ4n) is 5.75. The molecular weight excluding hydrogens is 412 g/mol. The second-order valence-electron chi connectivity index (χ2n) is 9.14. The highest BCUT2D eigenvalue weighted by molar-refractivity contribution is 5.81. The molecule has 0 saturated carbocycles. The van der Waals surface area contributed by atoms with E-state index < -0.39 is 0 Å². The summed E-state index contributed by atoms with van der Waals surface area (Å²) in [5.74, 6) is 0.631. The van der Waals surface area contributed by atoms with Crippen LogP contribution < -0.4 is 0 Å². The van der Waals surface area contributed by atoms with Crippen molar-refractivity contribution < 1.29 is 4.79 Å². The van der Waals surface area contributed by atoms with Crippen molar-refractivity contribution in [2.24, 2.45) is 5.92 Å². The number of pyridine rings is 1. The highest BCUT2D eigenvalue weighted by atomic mass is 16.2. The third-order valence-electron chi connectivity index (χ3n) is 7.21. The Balaban J connectivity index is 1.19. The summed E-state index contributed by atoms with van der Waals surface area (Å²) in [5, 5.41) is 16.0. The number of nitrogens with zero attached hydrogens (tertiary/aromatic N) is 5. The molecule has 6 rings (SSSR count). The van der Waals surface area contributed by atoms with Crippen LogP contribution in [0.15, 0.2) is 61.1 Å². The molecule has 3 unspecified atom stereocenters. The van der Waals surface area contributed by atoms with Gasteiger partial charge in [0.05, 0.1) is 41.0 Å². The van der Waals surface area contributed by atoms with Crippen molar-refractivity contribution in [3.8, 4) is 17.3 Å². The Morgan fingerprint density at radius 2 is 2.15 bits per heavy atom. The van der Waals surface area contributed by atoms with Crippen molar-refractivity contribution in [1.29, 1.82) is 5.26 Å². The summed E-state index contributed by atoms with van der Waals surface area (Å²) < 4.78 is 2.28. The summed E-state index contributed by atoms with van der Waals surface area (Å²) >= 11 is 0. The standard InChI is InChI=1S/C26H24N6O/c27-13-18-3-1-2-17(10-18)11-26(33)32-21-4-6-24(32)19(12-21)16-31-9-8-23-25(31)7-5-22(30-23)20-14-28-29-15-20/h1-3,5,7-10,14-15,19,21,24H,4,6,11-12,16H2,(H,28,29). The molecule has 1 amide bonds. The first-order valence-electron chi connectivity index (χ1n) is 11.4. The number of carbonyl (C=O) groups is 1. The van der Waals surface area contributed by atoms with Gasteiger partial charge in [0.25, 0.3) is 0 Å². The topological polar surface area (TPSA) is 90.6 Å². The van der Waals surface area contributed by atoms with Gasteiger partial charge in [-0.05, 0) is 61.1 Å². The third kappa shape index (κ3) is 3.48. The normalized spacial score (nSPS) is 21.5. The second kappa shape index (κ2) is 7.89. The summed E-state index contributed by atoms with van der Waals surface area (Å²) in [6.07, 6.45) is 9.32. The molecule has 1 aromatic carbocycles. The number of nitriles is 1. The number of aromatic nitrogens is 4. The highest BCUT2D eigenvalue weighted by Gasteiger charge is 2.48. The van der Waals surface area contributed by atoms with Gasteiger partial charge in [0, 0.05) is 36.6 Å². The van der Waals surface area contributed by atoms with Crippen LogP contribution >= 0.6 is 0 Å². The van der Waals surface area contributed by atoms with Crippen molar-refractivity contribution >= 4 is 16.9 Å². The predicted octanol–water partition coefficient (Wildman–Crippen LogP) is 3.92. The van der Waals surface area contributed by atoms with Crippen LogP contribution in [-0.4, -0.2) is 42.6 Å². The van der Waals surface area contributed by atoms with E-state index in [0.717, 1.165) is 53.7 Å². The summed E-state index contributed by atoms with van der Waals surface area (Å²) in [5.41, 5.74) is 5.50. The number of hydrogen-bond acceptors (Lipinski definition) is 4. The molecule has 3 atom stereocenters. The summed E-state index contributed by atoms with van der Waals surface area (Å²) in [6.45, 7) is 0.894. The lowest BCUT2D eigenvalue weighted by Gasteiger charge is -2.25. The lowest BCUT2D eigenvalue weighted by atomic mass is 9.89. The molecule has 164 valence electrons. The first-order valence-corrected chi connectivity index (χ1v) is 11.4. The maximum atomic E-state index is 13.2. The molecular formula is C26H24N6O. The number of hydrogen-bond donors (Lipinski definition) is 1. The van der Waals surface area contributed by atoms with Crippen molar-refractivity contribution in [3.63, 3.8) is 0 Å². The van der Waals surface area contributed by atoms with Gasteiger partial charge in [-0.15, -0.1) is 0 Å². The number of H-pyrrole nitrogens is 1. The number of rotatable bonds is 5. The predicted molar refractivity (Wildman–Crippen MR) is 124 cm³/mol. The summed E-state index contributed by atoms with van der Waals surface area (Å²) in [4.78, 5) is 20.1. The Morgan fingerprint density at radius 1 is 1.21 bits per heavy atom. The van der Waals surface area contributed by atoms with E-state index in [9.17, 15) is 4.79 Å². The first-order chi connectivity index (χ1) is 16.2. The van der Waals surface area contributed by atoms with E-state index in [-0.39, 0.29) is 11.9 Å². The van der Waals surface area contributed by atoms with E-state index in [1.807, 2.05) is 30.5 Å². The maximum absolute atomic E-state index is 13.2. The Hall–Kier alpha value is -3.92. The van der Waals surface area contributed by atoms with Crippen LogP contribution in [0.3, 0.4) is 0 Å². The van der Waals surface area contributed by atoms with Crippen LogP contribution in [0.5, 0.6) is 0 Å². The lowest BCUT2D eigenvalue weighted by Crippen LogP contribution is -2.38. The monoisotopic (exact) mass is 436 g/mol. The quantitative estimate of drug-likeness (QED) is 0.513. The van der Waals surface area contributed by atoms with Crippen LogP contribution in [0.4, 0.5) is 0 Å². The molecule has 33 heavy (non-hydrogen) atoms. The Kier molecular flexibility index (Phi) is 4.72. The van der Waals surface area contributed by atoms with E-state index in [4.69, 9.17) is 10.2 Å². The molecule has 2 bridgehead atoms. The molecule has 3 aromatic heterocycles. The minimum Gasteiger partial charge on any atom is -0.346 e. The molecule has 0 aliphatic carbocycles. The number of fused-ring (bicyclic) bond motifs is 3. The average molecular weight is 437 g/mol. The van der Waals surface area contributed by atoms with Crippen LogP contribution in [0.25, 0.3) is 22.3 Å². The molecule has 1 N–H and O–H groups in total. The molecule has 2 saturated heterocycles. The fourth-order valence-corrected chi connectivity index (χ4v) is 5.75. The van der Waals surface area contributed by atoms with Gasteiger partial charge in [-0.25, -0.2) is 4.98 Å². The SMILES string of the molecule is N#Cc1cccc(CC(=O)N2C3CCC2C(Cn2ccc4nc(-c5cn[nH]c5)ccc42)C3)c1. The molecule has 2 fully saturated rings. The number of benzene rings is 1. The number of amides is 1. The van der Waals surface area contributed by atoms with Crippen molar-refractivity contribution in [2.75, 3.05) is 0 Å². The zero-order chi connectivity index (χ0) is 22.4. The van der Waals surface area contributed by atoms with Crippen LogP contribution in [0.1, 0.15) is 30.4 Å². The van der Waals surface area contributed by atoms with Crippen LogP contribution in [0.2, 0.25) is 0 Å². The minimum absolute atomic E-state index is 0.184. The minimum atomic E-state index is 0.184. The van der Waals surface area contributed by atoms with E-state index in [0.29, 0.717) is 23.9 Å². The molecule has 0 spiro atoms. The van der Waals surface area contributed by atoms with Gasteiger partial charge in [0.15, 0.2) is 0 Å². The number of aromatic amines is 1. The van der Waals surface area contributed by atoms with Gasteiger partial charge in [-0.3, -0.25) is 9.89 Å². The largest absolute Gasteiger partial charge is 0.346 e. The molecule has 2 aliphatic rings. The molecule has 7 nitrogen and oxygen atoms in total. The van der Waals surface area contributed by atoms with Gasteiger partial charge < -0.3 is 9.47 Å². The van der Waals surface area contributed by atoms with E-state index in [1.54, 1.807) is 12.3 Å². The van der Waals surface area contributed by atoms with Crippen LogP contribution in [0, 0.1) is 17.2 Å². The Bertz CT molecular complexity index is 1370. The van der Waals surface area contributed by atoms with Gasteiger partial charge >= 0.3 is 0 Å².